The minimum Gasteiger partial charge on any atom is -0.345 e. The van der Waals surface area contributed by atoms with Crippen LogP contribution in [0.3, 0.4) is 0 Å². The molecule has 0 aliphatic carbocycles. The maximum absolute atomic E-state index is 11.9. The fourth-order valence-electron chi connectivity index (χ4n) is 1.65. The molecule has 3 N–H and O–H groups in total. The Balaban J connectivity index is 2.84. The molecule has 2 aromatic heterocycles. The van der Waals surface area contributed by atoms with Gasteiger partial charge in [-0.05, 0) is 6.05 Å². The summed E-state index contributed by atoms with van der Waals surface area (Å²) in [6.07, 6.45) is 1.45. The van der Waals surface area contributed by atoms with Crippen LogP contribution in [-0.4, -0.2) is 19.9 Å². The molecular weight excluding hydrogens is 244 g/mol. The molecule has 0 amide bonds. The third-order valence-electron chi connectivity index (χ3n) is 2.56. The van der Waals surface area contributed by atoms with Gasteiger partial charge in [-0.1, -0.05) is 27.3 Å². The van der Waals surface area contributed by atoms with E-state index in [-0.39, 0.29) is 22.2 Å². The van der Waals surface area contributed by atoms with Gasteiger partial charge in [0.1, 0.15) is 5.35 Å². The third kappa shape index (κ3) is 2.57. The first kappa shape index (κ1) is 10.5. The van der Waals surface area contributed by atoms with Crippen molar-refractivity contribution in [1.29, 1.82) is 0 Å². The monoisotopic (exact) mass is 262 g/mol. The van der Waals surface area contributed by atoms with Crippen molar-refractivity contribution in [2.24, 2.45) is 0 Å². The van der Waals surface area contributed by atoms with E-state index in [0.29, 0.717) is 11.4 Å². The van der Waals surface area contributed by atoms with Crippen LogP contribution < -0.4 is 21.8 Å². The van der Waals surface area contributed by atoms with Crippen LogP contribution in [-0.2, 0) is 5.41 Å². The molecule has 2 rings (SSSR count). The minimum atomic E-state index is -0.632. The van der Waals surface area contributed by atoms with Crippen LogP contribution in [0, 0.1) is 0 Å². The topological polar surface area (TPSA) is 94.4 Å². The molecule has 0 spiro atoms. The standard InChI is InChI=1S/C13H16N4O2/c1-7-11(18)17-9(12(19)16-7)5-8-10(13(2,3)4)15-6-14-8/h5-6H,1H2,2-4H3,(H,14,15)(H,16,19)(H,17,18)/i1D,5D. The summed E-state index contributed by atoms with van der Waals surface area (Å²) in [7, 11) is 0. The first-order valence-corrected chi connectivity index (χ1v) is 5.72. The molecule has 0 atom stereocenters. The van der Waals surface area contributed by atoms with Crippen molar-refractivity contribution in [2.75, 3.05) is 0 Å². The van der Waals surface area contributed by atoms with Gasteiger partial charge in [-0.2, -0.15) is 0 Å². The van der Waals surface area contributed by atoms with E-state index >= 15 is 0 Å². The summed E-state index contributed by atoms with van der Waals surface area (Å²) in [4.78, 5) is 35.3. The summed E-state index contributed by atoms with van der Waals surface area (Å²) in [6, 6.07) is -0.146. The lowest BCUT2D eigenvalue weighted by Crippen LogP contribution is -2.46. The lowest BCUT2D eigenvalue weighted by molar-refractivity contribution is 0.571. The van der Waals surface area contributed by atoms with Gasteiger partial charge in [-0.3, -0.25) is 9.59 Å². The largest absolute Gasteiger partial charge is 0.345 e. The summed E-state index contributed by atoms with van der Waals surface area (Å²) in [6.45, 7) is 6.56. The Kier molecular flexibility index (Phi) is 2.43. The quantitative estimate of drug-likeness (QED) is 0.635. The second-order valence-electron chi connectivity index (χ2n) is 5.20. The fourth-order valence-corrected chi connectivity index (χ4v) is 1.65. The summed E-state index contributed by atoms with van der Waals surface area (Å²) in [5.41, 5.74) is -0.562. The van der Waals surface area contributed by atoms with Gasteiger partial charge < -0.3 is 15.0 Å². The van der Waals surface area contributed by atoms with Gasteiger partial charge in [-0.25, -0.2) is 4.98 Å². The molecule has 0 aromatic carbocycles. The van der Waals surface area contributed by atoms with E-state index in [4.69, 9.17) is 2.74 Å². The number of nitrogens with zero attached hydrogens (tertiary/aromatic N) is 1. The molecule has 0 bridgehead atoms. The number of hydrogen-bond donors (Lipinski definition) is 3. The zero-order chi connectivity index (χ0) is 15.8. The molecule has 6 heteroatoms. The van der Waals surface area contributed by atoms with Gasteiger partial charge in [0.25, 0.3) is 11.1 Å². The molecule has 0 saturated carbocycles. The van der Waals surface area contributed by atoms with Crippen molar-refractivity contribution in [3.63, 3.8) is 0 Å². The number of hydrogen-bond acceptors (Lipinski definition) is 3. The third-order valence-corrected chi connectivity index (χ3v) is 2.56. The number of nitrogens with one attached hydrogen (secondary N) is 3. The van der Waals surface area contributed by atoms with Crippen LogP contribution in [0.5, 0.6) is 0 Å². The second-order valence-corrected chi connectivity index (χ2v) is 5.20. The highest BCUT2D eigenvalue weighted by atomic mass is 16.1. The van der Waals surface area contributed by atoms with Crippen molar-refractivity contribution < 1.29 is 2.74 Å². The van der Waals surface area contributed by atoms with Crippen molar-refractivity contribution in [3.05, 3.63) is 49.1 Å². The zero-order valence-corrected chi connectivity index (χ0v) is 10.9. The molecule has 100 valence electrons. The summed E-state index contributed by atoms with van der Waals surface area (Å²) < 4.78 is 15.2. The van der Waals surface area contributed by atoms with Gasteiger partial charge in [0.05, 0.1) is 25.8 Å². The van der Waals surface area contributed by atoms with Crippen LogP contribution in [0.2, 0.25) is 0 Å². The van der Waals surface area contributed by atoms with Crippen LogP contribution in [0.4, 0.5) is 0 Å². The normalized spacial score (nSPS) is 16.1. The molecule has 2 heterocycles. The van der Waals surface area contributed by atoms with Crippen LogP contribution in [0.1, 0.15) is 34.9 Å². The molecule has 0 aliphatic rings. The van der Waals surface area contributed by atoms with Crippen LogP contribution >= 0.6 is 0 Å². The van der Waals surface area contributed by atoms with Crippen LogP contribution in [0.25, 0.3) is 12.6 Å². The molecule has 0 radical (unpaired) electrons. The van der Waals surface area contributed by atoms with E-state index in [0.717, 1.165) is 6.55 Å². The Hall–Kier alpha value is -2.37. The molecule has 0 saturated heterocycles. The van der Waals surface area contributed by atoms with E-state index in [1.54, 1.807) is 0 Å². The molecule has 0 fully saturated rings. The Morgan fingerprint density at radius 2 is 2.11 bits per heavy atom. The first-order valence-electron chi connectivity index (χ1n) is 6.79. The molecule has 6 nitrogen and oxygen atoms in total. The van der Waals surface area contributed by atoms with E-state index < -0.39 is 11.1 Å². The van der Waals surface area contributed by atoms with Gasteiger partial charge in [0, 0.05) is 5.41 Å². The number of rotatable bonds is 1. The molecular formula is C13H16N4O2. The molecule has 0 aliphatic heterocycles. The summed E-state index contributed by atoms with van der Waals surface area (Å²) >= 11 is 0. The predicted octanol–water partition coefficient (Wildman–Crippen LogP) is -0.677. The Bertz CT molecular complexity index is 900. The Morgan fingerprint density at radius 1 is 1.37 bits per heavy atom. The van der Waals surface area contributed by atoms with Gasteiger partial charge in [-0.15, -0.1) is 0 Å². The average molecular weight is 262 g/mol. The average Bonchev–Trinajstić information content (AvgIpc) is 2.89. The summed E-state index contributed by atoms with van der Waals surface area (Å²) in [5.74, 6) is 0. The van der Waals surface area contributed by atoms with E-state index in [1.807, 2.05) is 20.8 Å². The van der Waals surface area contributed by atoms with E-state index in [9.17, 15) is 9.59 Å². The zero-order valence-electron chi connectivity index (χ0n) is 12.9. The highest BCUT2D eigenvalue weighted by Gasteiger charge is 2.19. The number of imidazole rings is 1. The van der Waals surface area contributed by atoms with Crippen molar-refractivity contribution >= 4 is 12.6 Å². The van der Waals surface area contributed by atoms with Gasteiger partial charge in [0.15, 0.2) is 0 Å². The molecule has 19 heavy (non-hydrogen) atoms. The maximum atomic E-state index is 11.9. The van der Waals surface area contributed by atoms with Gasteiger partial charge >= 0.3 is 0 Å². The van der Waals surface area contributed by atoms with E-state index in [1.165, 1.54) is 6.33 Å². The highest BCUT2D eigenvalue weighted by molar-refractivity contribution is 5.47. The highest BCUT2D eigenvalue weighted by Crippen LogP contribution is 2.22. The first-order chi connectivity index (χ1) is 9.75. The Morgan fingerprint density at radius 3 is 2.74 bits per heavy atom. The lowest BCUT2D eigenvalue weighted by Gasteiger charge is -2.16. The second kappa shape index (κ2) is 4.38. The summed E-state index contributed by atoms with van der Waals surface area (Å²) in [5, 5.41) is -0.322. The van der Waals surface area contributed by atoms with E-state index in [2.05, 4.69) is 19.9 Å². The fraction of sp³-hybridized carbons (Fsp3) is 0.308. The minimum absolute atomic E-state index is 0.146. The molecule has 0 unspecified atom stereocenters. The predicted molar refractivity (Wildman–Crippen MR) is 73.3 cm³/mol. The lowest BCUT2D eigenvalue weighted by atomic mass is 9.90. The Labute approximate surface area is 111 Å². The SMILES string of the molecule is [2H]C=c1[nH]c(=O)c(=C([2H])c2[nH]cnc2C(C)(C)C)[nH]c1=O. The molecule has 2 aromatic rings. The number of H-pyrrole nitrogens is 3. The smallest absolute Gasteiger partial charge is 0.272 e. The maximum Gasteiger partial charge on any atom is 0.272 e. The van der Waals surface area contributed by atoms with Gasteiger partial charge in [0.2, 0.25) is 0 Å². The van der Waals surface area contributed by atoms with Crippen molar-refractivity contribution in [2.45, 2.75) is 26.2 Å². The van der Waals surface area contributed by atoms with Crippen molar-refractivity contribution in [3.8, 4) is 0 Å². The van der Waals surface area contributed by atoms with Crippen LogP contribution in [0.15, 0.2) is 15.9 Å². The van der Waals surface area contributed by atoms with Crippen molar-refractivity contribution in [1.82, 2.24) is 19.9 Å². The number of aromatic nitrogens is 4. The number of aromatic amines is 3.